The number of benzene rings is 2. The number of nitrogens with two attached hydrogens (primary N) is 1. The normalized spacial score (nSPS) is 17.0. The van der Waals surface area contributed by atoms with E-state index in [-0.39, 0.29) is 37.2 Å². The Hall–Kier alpha value is -4.07. The van der Waals surface area contributed by atoms with Gasteiger partial charge in [-0.3, -0.25) is 14.4 Å². The minimum Gasteiger partial charge on any atom is -0.478 e. The number of rotatable bonds is 12. The molecule has 0 radical (unpaired) electrons. The molecule has 3 aromatic rings. The van der Waals surface area contributed by atoms with Gasteiger partial charge in [0.05, 0.1) is 0 Å². The van der Waals surface area contributed by atoms with Crippen molar-refractivity contribution in [2.75, 3.05) is 0 Å². The Morgan fingerprint density at radius 1 is 0.914 bits per heavy atom. The van der Waals surface area contributed by atoms with Crippen LogP contribution in [-0.2, 0) is 32.3 Å². The van der Waals surface area contributed by atoms with Gasteiger partial charge in [-0.05, 0) is 42.7 Å². The van der Waals surface area contributed by atoms with Crippen LogP contribution >= 0.6 is 0 Å². The van der Waals surface area contributed by atoms with Crippen molar-refractivity contribution in [1.82, 2.24) is 4.90 Å². The number of primary amides is 1. The van der Waals surface area contributed by atoms with Crippen LogP contribution in [0.2, 0.25) is 0 Å². The summed E-state index contributed by atoms with van der Waals surface area (Å²) in [5, 5.41) is 0. The summed E-state index contributed by atoms with van der Waals surface area (Å²) in [6.07, 6.45) is 0.817. The third kappa shape index (κ3) is 6.29. The molecular weight excluding hydrogens is 448 g/mol. The smallest absolute Gasteiger partial charge is 0.306 e. The van der Waals surface area contributed by atoms with Gasteiger partial charge in [0.15, 0.2) is 0 Å². The van der Waals surface area contributed by atoms with E-state index in [1.54, 1.807) is 29.2 Å². The molecule has 1 fully saturated rings. The number of carbonyl (C=O) groups is 3. The van der Waals surface area contributed by atoms with Gasteiger partial charge in [-0.2, -0.15) is 0 Å². The van der Waals surface area contributed by atoms with Crippen molar-refractivity contribution < 1.29 is 28.3 Å². The van der Waals surface area contributed by atoms with Crippen LogP contribution < -0.4 is 10.5 Å². The molecule has 1 aliphatic rings. The van der Waals surface area contributed by atoms with Crippen LogP contribution in [0.25, 0.3) is 0 Å². The van der Waals surface area contributed by atoms with Crippen molar-refractivity contribution in [3.05, 3.63) is 89.9 Å². The first kappa shape index (κ1) is 24.1. The van der Waals surface area contributed by atoms with Crippen molar-refractivity contribution in [2.24, 2.45) is 5.73 Å². The van der Waals surface area contributed by atoms with Crippen LogP contribution in [0.5, 0.6) is 5.75 Å². The number of amides is 2. The standard InChI is InChI=1S/C27H28N2O6/c28-23(30)13-7-8-14-24(31)33-18-21-15-16-22(34-21)25-26(35-20-11-5-2-6-12-20)27(32)29(25)17-19-9-3-1-4-10-19/h1-6,9-12,15-16,25-26H,7-8,13-14,17-18H2,(H2,28,30). The third-order valence-electron chi connectivity index (χ3n) is 5.75. The van der Waals surface area contributed by atoms with Gasteiger partial charge in [-0.1, -0.05) is 48.5 Å². The third-order valence-corrected chi connectivity index (χ3v) is 5.75. The molecule has 1 aromatic heterocycles. The topological polar surface area (TPSA) is 112 Å². The largest absolute Gasteiger partial charge is 0.478 e. The highest BCUT2D eigenvalue weighted by atomic mass is 16.5. The van der Waals surface area contributed by atoms with E-state index in [0.717, 1.165) is 5.56 Å². The van der Waals surface area contributed by atoms with Crippen molar-refractivity contribution >= 4 is 17.8 Å². The molecule has 0 saturated carbocycles. The Balaban J connectivity index is 1.41. The molecule has 8 nitrogen and oxygen atoms in total. The average molecular weight is 477 g/mol. The van der Waals surface area contributed by atoms with Gasteiger partial charge in [-0.25, -0.2) is 0 Å². The zero-order valence-corrected chi connectivity index (χ0v) is 19.3. The molecule has 4 rings (SSSR count). The number of unbranched alkanes of at least 4 members (excludes halogenated alkanes) is 1. The number of ether oxygens (including phenoxy) is 2. The summed E-state index contributed by atoms with van der Waals surface area (Å²) >= 11 is 0. The minimum atomic E-state index is -0.715. The van der Waals surface area contributed by atoms with E-state index < -0.39 is 12.1 Å². The second-order valence-electron chi connectivity index (χ2n) is 8.39. The zero-order valence-electron chi connectivity index (χ0n) is 19.3. The first-order valence-corrected chi connectivity index (χ1v) is 11.6. The lowest BCUT2D eigenvalue weighted by atomic mass is 9.94. The SMILES string of the molecule is NC(=O)CCCCC(=O)OCc1ccc(C2C(Oc3ccccc3)C(=O)N2Cc2ccccc2)o1. The molecule has 2 amide bonds. The number of hydrogen-bond donors (Lipinski definition) is 1. The predicted octanol–water partition coefficient (Wildman–Crippen LogP) is 3.90. The van der Waals surface area contributed by atoms with E-state index in [4.69, 9.17) is 19.6 Å². The van der Waals surface area contributed by atoms with Crippen LogP contribution in [0, 0.1) is 0 Å². The number of likely N-dealkylation sites (tertiary alicyclic amines) is 1. The number of furan rings is 1. The van der Waals surface area contributed by atoms with Crippen LogP contribution in [0.15, 0.2) is 77.2 Å². The second-order valence-corrected chi connectivity index (χ2v) is 8.39. The van der Waals surface area contributed by atoms with Crippen molar-refractivity contribution in [3.8, 4) is 5.75 Å². The van der Waals surface area contributed by atoms with E-state index in [0.29, 0.717) is 36.7 Å². The number of hydrogen-bond acceptors (Lipinski definition) is 6. The van der Waals surface area contributed by atoms with E-state index in [1.807, 2.05) is 48.5 Å². The fourth-order valence-electron chi connectivity index (χ4n) is 3.96. The minimum absolute atomic E-state index is 0.0157. The number of esters is 1. The van der Waals surface area contributed by atoms with Crippen molar-refractivity contribution in [2.45, 2.75) is 51.0 Å². The van der Waals surface area contributed by atoms with E-state index in [1.165, 1.54) is 0 Å². The highest BCUT2D eigenvalue weighted by molar-refractivity contribution is 5.89. The van der Waals surface area contributed by atoms with Crippen LogP contribution in [0.3, 0.4) is 0 Å². The molecule has 0 spiro atoms. The summed E-state index contributed by atoms with van der Waals surface area (Å²) in [6.45, 7) is 0.410. The van der Waals surface area contributed by atoms with Crippen LogP contribution in [0.1, 0.15) is 48.8 Å². The highest BCUT2D eigenvalue weighted by Gasteiger charge is 2.51. The van der Waals surface area contributed by atoms with E-state index in [2.05, 4.69) is 0 Å². The van der Waals surface area contributed by atoms with Crippen LogP contribution in [-0.4, -0.2) is 28.8 Å². The molecule has 2 unspecified atom stereocenters. The first-order chi connectivity index (χ1) is 17.0. The molecule has 2 heterocycles. The summed E-state index contributed by atoms with van der Waals surface area (Å²) in [6, 6.07) is 22.0. The Labute approximate surface area is 203 Å². The van der Waals surface area contributed by atoms with Gasteiger partial charge in [0.25, 0.3) is 5.91 Å². The maximum atomic E-state index is 13.0. The molecule has 0 aliphatic carbocycles. The number of nitrogens with zero attached hydrogens (tertiary/aromatic N) is 1. The number of carbonyl (C=O) groups excluding carboxylic acids is 3. The van der Waals surface area contributed by atoms with Gasteiger partial charge < -0.3 is 24.5 Å². The van der Waals surface area contributed by atoms with Crippen molar-refractivity contribution in [1.29, 1.82) is 0 Å². The monoisotopic (exact) mass is 476 g/mol. The summed E-state index contributed by atoms with van der Waals surface area (Å²) in [7, 11) is 0. The molecule has 2 aromatic carbocycles. The number of para-hydroxylation sites is 1. The lowest BCUT2D eigenvalue weighted by Gasteiger charge is -2.45. The summed E-state index contributed by atoms with van der Waals surface area (Å²) < 4.78 is 17.3. The molecule has 0 bridgehead atoms. The molecule has 35 heavy (non-hydrogen) atoms. The van der Waals surface area contributed by atoms with E-state index in [9.17, 15) is 14.4 Å². The Kier molecular flexibility index (Phi) is 7.82. The average Bonchev–Trinajstić information content (AvgIpc) is 3.33. The molecule has 182 valence electrons. The Bertz CT molecular complexity index is 1090. The fraction of sp³-hybridized carbons (Fsp3) is 0.296. The molecule has 2 N–H and O–H groups in total. The lowest BCUT2D eigenvalue weighted by molar-refractivity contribution is -0.167. The quantitative estimate of drug-likeness (QED) is 0.241. The zero-order chi connectivity index (χ0) is 24.6. The van der Waals surface area contributed by atoms with Gasteiger partial charge in [0.2, 0.25) is 12.0 Å². The molecule has 2 atom stereocenters. The van der Waals surface area contributed by atoms with Gasteiger partial charge in [-0.15, -0.1) is 0 Å². The maximum Gasteiger partial charge on any atom is 0.306 e. The predicted molar refractivity (Wildman–Crippen MR) is 127 cm³/mol. The Morgan fingerprint density at radius 2 is 1.60 bits per heavy atom. The summed E-state index contributed by atoms with van der Waals surface area (Å²) in [4.78, 5) is 37.5. The lowest BCUT2D eigenvalue weighted by Crippen LogP contribution is -2.60. The maximum absolute atomic E-state index is 13.0. The fourth-order valence-corrected chi connectivity index (χ4v) is 3.96. The van der Waals surface area contributed by atoms with E-state index >= 15 is 0 Å². The van der Waals surface area contributed by atoms with Crippen molar-refractivity contribution in [3.63, 3.8) is 0 Å². The van der Waals surface area contributed by atoms with Crippen LogP contribution in [0.4, 0.5) is 0 Å². The van der Waals surface area contributed by atoms with Gasteiger partial charge >= 0.3 is 5.97 Å². The molecule has 1 saturated heterocycles. The van der Waals surface area contributed by atoms with Gasteiger partial charge in [0.1, 0.15) is 29.9 Å². The molecular formula is C27H28N2O6. The number of β-lactam (4-membered cyclic amide) rings is 1. The molecule has 8 heteroatoms. The first-order valence-electron chi connectivity index (χ1n) is 11.6. The second kappa shape index (κ2) is 11.4. The van der Waals surface area contributed by atoms with Gasteiger partial charge in [0, 0.05) is 19.4 Å². The summed E-state index contributed by atoms with van der Waals surface area (Å²) in [5.41, 5.74) is 6.10. The Morgan fingerprint density at radius 3 is 2.31 bits per heavy atom. The molecule has 1 aliphatic heterocycles. The summed E-state index contributed by atoms with van der Waals surface area (Å²) in [5.74, 6) is 0.765. The highest BCUT2D eigenvalue weighted by Crippen LogP contribution is 2.39.